The number of para-hydroxylation sites is 1. The van der Waals surface area contributed by atoms with E-state index in [9.17, 15) is 8.42 Å². The zero-order valence-electron chi connectivity index (χ0n) is 11.2. The monoisotopic (exact) mass is 345 g/mol. The first kappa shape index (κ1) is 14.9. The number of alkyl halides is 1. The molecule has 106 valence electrons. The van der Waals surface area contributed by atoms with Gasteiger partial charge >= 0.3 is 0 Å². The molecule has 5 heteroatoms. The van der Waals surface area contributed by atoms with Crippen LogP contribution in [-0.2, 0) is 9.84 Å². The number of rotatable bonds is 6. The third-order valence-corrected chi connectivity index (χ3v) is 5.33. The van der Waals surface area contributed by atoms with Gasteiger partial charge in [-0.05, 0) is 37.8 Å². The molecule has 0 radical (unpaired) electrons. The van der Waals surface area contributed by atoms with Gasteiger partial charge in [-0.2, -0.15) is 0 Å². The summed E-state index contributed by atoms with van der Waals surface area (Å²) >= 11 is 3.45. The van der Waals surface area contributed by atoms with Crippen LogP contribution >= 0.6 is 15.9 Å². The summed E-state index contributed by atoms with van der Waals surface area (Å²) in [5.74, 6) is 0. The average molecular weight is 346 g/mol. The lowest BCUT2D eigenvalue weighted by molar-refractivity contribution is 0.385. The van der Waals surface area contributed by atoms with Crippen LogP contribution in [-0.4, -0.2) is 32.6 Å². The maximum atomic E-state index is 11.9. The lowest BCUT2D eigenvalue weighted by atomic mass is 9.91. The predicted molar refractivity (Wildman–Crippen MR) is 82.9 cm³/mol. The van der Waals surface area contributed by atoms with E-state index in [1.807, 2.05) is 12.1 Å². The Hall–Kier alpha value is -0.550. The summed E-state index contributed by atoms with van der Waals surface area (Å²) in [6.07, 6.45) is 5.89. The molecule has 2 rings (SSSR count). The molecule has 0 unspecified atom stereocenters. The lowest BCUT2D eigenvalue weighted by Gasteiger charge is -2.40. The normalized spacial score (nSPS) is 16.1. The molecule has 0 N–H and O–H groups in total. The van der Waals surface area contributed by atoms with Gasteiger partial charge in [-0.15, -0.1) is 0 Å². The number of benzene rings is 1. The van der Waals surface area contributed by atoms with Crippen LogP contribution in [0.3, 0.4) is 0 Å². The molecule has 1 aliphatic rings. The molecule has 3 nitrogen and oxygen atoms in total. The summed E-state index contributed by atoms with van der Waals surface area (Å²) in [7, 11) is -3.17. The van der Waals surface area contributed by atoms with Crippen molar-refractivity contribution in [1.82, 2.24) is 0 Å². The zero-order valence-corrected chi connectivity index (χ0v) is 13.6. The second-order valence-corrected chi connectivity index (χ2v) is 7.84. The highest BCUT2D eigenvalue weighted by Crippen LogP contribution is 2.33. The molecule has 0 atom stereocenters. The van der Waals surface area contributed by atoms with Crippen LogP contribution in [0.25, 0.3) is 0 Å². The van der Waals surface area contributed by atoms with Gasteiger partial charge in [0, 0.05) is 24.2 Å². The molecule has 1 saturated carbocycles. The fourth-order valence-electron chi connectivity index (χ4n) is 2.44. The van der Waals surface area contributed by atoms with E-state index in [2.05, 4.69) is 20.8 Å². The topological polar surface area (TPSA) is 37.4 Å². The highest BCUT2D eigenvalue weighted by molar-refractivity contribution is 9.09. The minimum absolute atomic E-state index is 0.455. The highest BCUT2D eigenvalue weighted by Gasteiger charge is 2.27. The van der Waals surface area contributed by atoms with E-state index in [0.717, 1.165) is 24.0 Å². The van der Waals surface area contributed by atoms with Crippen molar-refractivity contribution in [3.8, 4) is 0 Å². The van der Waals surface area contributed by atoms with Gasteiger partial charge in [0.1, 0.15) is 0 Å². The fraction of sp³-hybridized carbons (Fsp3) is 0.571. The molecule has 1 fully saturated rings. The summed E-state index contributed by atoms with van der Waals surface area (Å²) < 4.78 is 23.8. The van der Waals surface area contributed by atoms with E-state index >= 15 is 0 Å². The minimum Gasteiger partial charge on any atom is -0.367 e. The van der Waals surface area contributed by atoms with Gasteiger partial charge in [0.15, 0.2) is 9.84 Å². The van der Waals surface area contributed by atoms with E-state index in [1.165, 1.54) is 25.5 Å². The lowest BCUT2D eigenvalue weighted by Crippen LogP contribution is -2.41. The number of anilines is 1. The molecular weight excluding hydrogens is 326 g/mol. The van der Waals surface area contributed by atoms with E-state index in [1.54, 1.807) is 12.1 Å². The van der Waals surface area contributed by atoms with Gasteiger partial charge in [0.25, 0.3) is 0 Å². The smallest absolute Gasteiger partial charge is 0.177 e. The van der Waals surface area contributed by atoms with Crippen molar-refractivity contribution in [3.63, 3.8) is 0 Å². The molecule has 0 aliphatic heterocycles. The number of nitrogens with zero attached hydrogens (tertiary/aromatic N) is 1. The van der Waals surface area contributed by atoms with Crippen LogP contribution in [0.5, 0.6) is 0 Å². The Labute approximate surface area is 124 Å². The van der Waals surface area contributed by atoms with Gasteiger partial charge in [0.2, 0.25) is 0 Å². The van der Waals surface area contributed by atoms with Crippen molar-refractivity contribution in [2.24, 2.45) is 0 Å². The van der Waals surface area contributed by atoms with Crippen molar-refractivity contribution < 1.29 is 8.42 Å². The van der Waals surface area contributed by atoms with Crippen molar-refractivity contribution in [2.45, 2.75) is 36.6 Å². The first-order chi connectivity index (χ1) is 9.04. The van der Waals surface area contributed by atoms with Crippen LogP contribution < -0.4 is 4.90 Å². The van der Waals surface area contributed by atoms with Crippen molar-refractivity contribution in [2.75, 3.05) is 23.0 Å². The van der Waals surface area contributed by atoms with E-state index in [4.69, 9.17) is 0 Å². The Bertz CT molecular complexity index is 526. The molecule has 0 heterocycles. The second-order valence-electron chi connectivity index (χ2n) is 5.06. The molecule has 1 aliphatic carbocycles. The van der Waals surface area contributed by atoms with E-state index in [-0.39, 0.29) is 0 Å². The largest absolute Gasteiger partial charge is 0.367 e. The average Bonchev–Trinajstić information content (AvgIpc) is 2.31. The highest BCUT2D eigenvalue weighted by atomic mass is 79.9. The first-order valence-corrected chi connectivity index (χ1v) is 9.67. The summed E-state index contributed by atoms with van der Waals surface area (Å²) in [4.78, 5) is 2.73. The number of hydrogen-bond donors (Lipinski definition) is 0. The third kappa shape index (κ3) is 3.51. The summed E-state index contributed by atoms with van der Waals surface area (Å²) in [6, 6.07) is 7.86. The summed E-state index contributed by atoms with van der Waals surface area (Å²) in [5.41, 5.74) is 0.871. The molecular formula is C14H20BrNO2S. The Balaban J connectivity index is 2.35. The maximum Gasteiger partial charge on any atom is 0.177 e. The molecule has 0 aromatic heterocycles. The Morgan fingerprint density at radius 1 is 1.32 bits per heavy atom. The Kier molecular flexibility index (Phi) is 4.90. The molecule has 0 bridgehead atoms. The van der Waals surface area contributed by atoms with Crippen molar-refractivity contribution in [1.29, 1.82) is 0 Å². The van der Waals surface area contributed by atoms with E-state index in [0.29, 0.717) is 10.9 Å². The van der Waals surface area contributed by atoms with Crippen LogP contribution in [0, 0.1) is 0 Å². The number of halogens is 1. The third-order valence-electron chi connectivity index (χ3n) is 3.62. The van der Waals surface area contributed by atoms with Crippen LogP contribution in [0.1, 0.15) is 25.7 Å². The number of sulfone groups is 1. The zero-order chi connectivity index (χ0) is 13.9. The van der Waals surface area contributed by atoms with Crippen LogP contribution in [0.4, 0.5) is 5.69 Å². The minimum atomic E-state index is -3.17. The predicted octanol–water partition coefficient (Wildman–Crippen LogP) is 3.23. The standard InChI is InChI=1S/C14H20BrNO2S/c1-19(17,18)14-9-3-2-8-13(14)16(11-5-10-15)12-6-4-7-12/h2-3,8-9,12H,4-7,10-11H2,1H3. The van der Waals surface area contributed by atoms with Gasteiger partial charge in [-0.3, -0.25) is 0 Å². The maximum absolute atomic E-state index is 11.9. The van der Waals surface area contributed by atoms with Gasteiger partial charge in [-0.1, -0.05) is 28.1 Å². The van der Waals surface area contributed by atoms with Gasteiger partial charge in [-0.25, -0.2) is 8.42 Å². The van der Waals surface area contributed by atoms with Crippen LogP contribution in [0.2, 0.25) is 0 Å². The molecule has 0 saturated heterocycles. The summed E-state index contributed by atoms with van der Waals surface area (Å²) in [6.45, 7) is 0.905. The molecule has 19 heavy (non-hydrogen) atoms. The Morgan fingerprint density at radius 3 is 2.53 bits per heavy atom. The number of hydrogen-bond acceptors (Lipinski definition) is 3. The van der Waals surface area contributed by atoms with Gasteiger partial charge < -0.3 is 4.90 Å². The summed E-state index contributed by atoms with van der Waals surface area (Å²) in [5, 5.41) is 0.942. The molecule has 1 aromatic carbocycles. The quantitative estimate of drug-likeness (QED) is 0.742. The van der Waals surface area contributed by atoms with Crippen molar-refractivity contribution >= 4 is 31.5 Å². The van der Waals surface area contributed by atoms with Gasteiger partial charge in [0.05, 0.1) is 10.6 Å². The molecule has 1 aromatic rings. The van der Waals surface area contributed by atoms with Crippen LogP contribution in [0.15, 0.2) is 29.2 Å². The Morgan fingerprint density at radius 2 is 2.00 bits per heavy atom. The fourth-order valence-corrected chi connectivity index (χ4v) is 3.58. The van der Waals surface area contributed by atoms with Crippen molar-refractivity contribution in [3.05, 3.63) is 24.3 Å². The second kappa shape index (κ2) is 6.27. The molecule has 0 spiro atoms. The first-order valence-electron chi connectivity index (χ1n) is 6.65. The SMILES string of the molecule is CS(=O)(=O)c1ccccc1N(CCCBr)C1CCC1. The molecule has 0 amide bonds. The van der Waals surface area contributed by atoms with E-state index < -0.39 is 9.84 Å².